The fourth-order valence-electron chi connectivity index (χ4n) is 2.35. The maximum Gasteiger partial charge on any atom is 0.435 e. The van der Waals surface area contributed by atoms with E-state index in [4.69, 9.17) is 16.3 Å². The van der Waals surface area contributed by atoms with Gasteiger partial charge in [0.2, 0.25) is 0 Å². The Balaban J connectivity index is 1.75. The van der Waals surface area contributed by atoms with Gasteiger partial charge in [-0.05, 0) is 30.3 Å². The Morgan fingerprint density at radius 3 is 2.60 bits per heavy atom. The molecule has 1 unspecified atom stereocenters. The van der Waals surface area contributed by atoms with Crippen LogP contribution < -0.4 is 4.74 Å². The third kappa shape index (κ3) is 4.02. The van der Waals surface area contributed by atoms with E-state index < -0.39 is 18.0 Å². The predicted molar refractivity (Wildman–Crippen MR) is 85.5 cm³/mol. The first-order valence-corrected chi connectivity index (χ1v) is 7.66. The first-order valence-electron chi connectivity index (χ1n) is 7.29. The van der Waals surface area contributed by atoms with Crippen molar-refractivity contribution in [3.05, 3.63) is 53.4 Å². The lowest BCUT2D eigenvalue weighted by molar-refractivity contribution is -0.140. The van der Waals surface area contributed by atoms with Crippen molar-refractivity contribution < 1.29 is 23.0 Å². The molecule has 2 heterocycles. The normalized spacial score (nSPS) is 13.2. The van der Waals surface area contributed by atoms with E-state index in [-0.39, 0.29) is 24.1 Å². The third-order valence-electron chi connectivity index (χ3n) is 3.46. The van der Waals surface area contributed by atoms with Crippen LogP contribution in [0.1, 0.15) is 5.69 Å². The van der Waals surface area contributed by atoms with Crippen molar-refractivity contribution in [2.24, 2.45) is 0 Å². The van der Waals surface area contributed by atoms with E-state index in [2.05, 4.69) is 10.1 Å². The molecule has 0 fully saturated rings. The summed E-state index contributed by atoms with van der Waals surface area (Å²) in [5, 5.41) is 14.1. The van der Waals surface area contributed by atoms with E-state index >= 15 is 0 Å². The summed E-state index contributed by atoms with van der Waals surface area (Å²) < 4.78 is 45.7. The van der Waals surface area contributed by atoms with Gasteiger partial charge < -0.3 is 9.84 Å². The second-order valence-corrected chi connectivity index (χ2v) is 5.78. The van der Waals surface area contributed by atoms with Crippen LogP contribution in [0.4, 0.5) is 13.2 Å². The summed E-state index contributed by atoms with van der Waals surface area (Å²) in [5.41, 5.74) is -0.783. The first-order chi connectivity index (χ1) is 11.8. The fraction of sp³-hybridized carbons (Fsp3) is 0.250. The Labute approximate surface area is 145 Å². The first kappa shape index (κ1) is 17.5. The van der Waals surface area contributed by atoms with Gasteiger partial charge in [-0.3, -0.25) is 9.67 Å². The van der Waals surface area contributed by atoms with Crippen LogP contribution in [0.15, 0.2) is 42.7 Å². The van der Waals surface area contributed by atoms with E-state index in [1.54, 1.807) is 24.3 Å². The third-order valence-corrected chi connectivity index (χ3v) is 3.71. The molecule has 9 heteroatoms. The molecule has 3 aromatic rings. The Kier molecular flexibility index (Phi) is 4.82. The summed E-state index contributed by atoms with van der Waals surface area (Å²) in [7, 11) is 0. The number of benzene rings is 1. The van der Waals surface area contributed by atoms with Gasteiger partial charge in [0, 0.05) is 17.4 Å². The van der Waals surface area contributed by atoms with Crippen molar-refractivity contribution in [2.45, 2.75) is 18.8 Å². The summed E-state index contributed by atoms with van der Waals surface area (Å²) in [6.45, 7) is -0.250. The number of nitrogens with zero attached hydrogens (tertiary/aromatic N) is 3. The predicted octanol–water partition coefficient (Wildman–Crippen LogP) is 3.54. The molecule has 0 aliphatic rings. The smallest absolute Gasteiger partial charge is 0.435 e. The van der Waals surface area contributed by atoms with Crippen molar-refractivity contribution in [3.8, 4) is 5.75 Å². The number of rotatable bonds is 5. The van der Waals surface area contributed by atoms with Crippen molar-refractivity contribution in [1.29, 1.82) is 0 Å². The van der Waals surface area contributed by atoms with Gasteiger partial charge in [0.25, 0.3) is 0 Å². The lowest BCUT2D eigenvalue weighted by Gasteiger charge is -2.13. The zero-order valence-electron chi connectivity index (χ0n) is 12.7. The van der Waals surface area contributed by atoms with Gasteiger partial charge in [0.1, 0.15) is 18.5 Å². The number of pyridine rings is 1. The highest BCUT2D eigenvalue weighted by molar-refractivity contribution is 6.30. The molecule has 132 valence electrons. The van der Waals surface area contributed by atoms with Gasteiger partial charge in [0.05, 0.1) is 17.4 Å². The van der Waals surface area contributed by atoms with Gasteiger partial charge >= 0.3 is 6.18 Å². The number of hydrogen-bond donors (Lipinski definition) is 1. The van der Waals surface area contributed by atoms with Crippen molar-refractivity contribution in [2.75, 3.05) is 6.61 Å². The van der Waals surface area contributed by atoms with Crippen molar-refractivity contribution >= 4 is 22.5 Å². The van der Waals surface area contributed by atoms with E-state index in [0.717, 1.165) is 10.9 Å². The summed E-state index contributed by atoms with van der Waals surface area (Å²) >= 11 is 5.76. The molecule has 0 radical (unpaired) electrons. The zero-order chi connectivity index (χ0) is 18.0. The van der Waals surface area contributed by atoms with Gasteiger partial charge in [-0.15, -0.1) is 0 Å². The van der Waals surface area contributed by atoms with Crippen molar-refractivity contribution in [3.63, 3.8) is 0 Å². The topological polar surface area (TPSA) is 60.2 Å². The van der Waals surface area contributed by atoms with Crippen LogP contribution in [0.3, 0.4) is 0 Å². The highest BCUT2D eigenvalue weighted by atomic mass is 35.5. The van der Waals surface area contributed by atoms with Crippen molar-refractivity contribution in [1.82, 2.24) is 14.8 Å². The molecule has 1 aromatic carbocycles. The molecule has 25 heavy (non-hydrogen) atoms. The molecule has 5 nitrogen and oxygen atoms in total. The molecule has 0 aliphatic carbocycles. The Morgan fingerprint density at radius 1 is 1.20 bits per heavy atom. The number of hydrogen-bond acceptors (Lipinski definition) is 4. The molecule has 2 aromatic heterocycles. The van der Waals surface area contributed by atoms with E-state index in [9.17, 15) is 18.3 Å². The van der Waals surface area contributed by atoms with E-state index in [1.807, 2.05) is 0 Å². The quantitative estimate of drug-likeness (QED) is 0.745. The summed E-state index contributed by atoms with van der Waals surface area (Å²) in [5.74, 6) is 0.494. The Morgan fingerprint density at radius 2 is 1.92 bits per heavy atom. The second-order valence-electron chi connectivity index (χ2n) is 5.34. The molecule has 0 amide bonds. The summed E-state index contributed by atoms with van der Waals surface area (Å²) in [6.07, 6.45) is -3.17. The molecule has 0 saturated heterocycles. The molecular formula is C16H13ClF3N3O2. The fourth-order valence-corrected chi connectivity index (χ4v) is 2.47. The molecule has 3 rings (SSSR count). The van der Waals surface area contributed by atoms with Gasteiger partial charge in [-0.25, -0.2) is 0 Å². The zero-order valence-corrected chi connectivity index (χ0v) is 13.5. The highest BCUT2D eigenvalue weighted by Crippen LogP contribution is 2.33. The molecule has 0 bridgehead atoms. The molecular weight excluding hydrogens is 359 g/mol. The Hall–Kier alpha value is -2.32. The lowest BCUT2D eigenvalue weighted by Crippen LogP contribution is -2.24. The number of alkyl halides is 3. The van der Waals surface area contributed by atoms with Crippen LogP contribution in [0.2, 0.25) is 5.02 Å². The molecule has 0 aliphatic heterocycles. The number of ether oxygens (including phenoxy) is 1. The lowest BCUT2D eigenvalue weighted by atomic mass is 10.2. The average molecular weight is 372 g/mol. The number of halogens is 4. The minimum atomic E-state index is -4.60. The van der Waals surface area contributed by atoms with Gasteiger partial charge in [-0.2, -0.15) is 18.3 Å². The van der Waals surface area contributed by atoms with Gasteiger partial charge in [-0.1, -0.05) is 11.6 Å². The standard InChI is InChI=1S/C16H13ClF3N3O2/c17-10-1-3-12(4-2-10)25-9-11(24)8-23-14-5-6-21-7-13(14)15(22-23)16(18,19)20/h1-7,11,24H,8-9H2. The summed E-state index contributed by atoms with van der Waals surface area (Å²) in [4.78, 5) is 3.71. The largest absolute Gasteiger partial charge is 0.491 e. The van der Waals surface area contributed by atoms with Crippen LogP contribution in [0.5, 0.6) is 5.75 Å². The number of fused-ring (bicyclic) bond motifs is 1. The van der Waals surface area contributed by atoms with Crippen LogP contribution in [-0.4, -0.2) is 32.6 Å². The molecule has 1 atom stereocenters. The molecule has 0 saturated carbocycles. The number of aliphatic hydroxyl groups excluding tert-OH is 1. The number of aliphatic hydroxyl groups is 1. The molecule has 1 N–H and O–H groups in total. The maximum atomic E-state index is 13.1. The second kappa shape index (κ2) is 6.89. The Bertz CT molecular complexity index is 865. The SMILES string of the molecule is OC(COc1ccc(Cl)cc1)Cn1nc(C(F)(F)F)c2cnccc21. The minimum absolute atomic E-state index is 0.102. The minimum Gasteiger partial charge on any atom is -0.491 e. The van der Waals surface area contributed by atoms with Crippen LogP contribution in [0.25, 0.3) is 10.9 Å². The maximum absolute atomic E-state index is 13.1. The van der Waals surface area contributed by atoms with Crippen LogP contribution in [-0.2, 0) is 12.7 Å². The number of aromatic nitrogens is 3. The van der Waals surface area contributed by atoms with E-state index in [1.165, 1.54) is 12.3 Å². The highest BCUT2D eigenvalue weighted by Gasteiger charge is 2.37. The molecule has 0 spiro atoms. The summed E-state index contributed by atoms with van der Waals surface area (Å²) in [6, 6.07) is 7.95. The van der Waals surface area contributed by atoms with Crippen LogP contribution in [0, 0.1) is 0 Å². The van der Waals surface area contributed by atoms with Gasteiger partial charge in [0.15, 0.2) is 5.69 Å². The average Bonchev–Trinajstić information content (AvgIpc) is 2.93. The monoisotopic (exact) mass is 371 g/mol. The van der Waals surface area contributed by atoms with E-state index in [0.29, 0.717) is 10.8 Å². The van der Waals surface area contributed by atoms with Crippen LogP contribution >= 0.6 is 11.6 Å².